The molecule has 0 spiro atoms. The van der Waals surface area contributed by atoms with E-state index in [1.165, 1.54) is 12.1 Å². The van der Waals surface area contributed by atoms with E-state index in [4.69, 9.17) is 9.84 Å². The van der Waals surface area contributed by atoms with Crippen molar-refractivity contribution in [2.75, 3.05) is 0 Å². The zero-order valence-corrected chi connectivity index (χ0v) is 13.7. The van der Waals surface area contributed by atoms with Crippen molar-refractivity contribution in [1.82, 2.24) is 0 Å². The second-order valence-electron chi connectivity index (χ2n) is 5.55. The molecule has 0 aliphatic rings. The summed E-state index contributed by atoms with van der Waals surface area (Å²) in [6, 6.07) is 6.17. The van der Waals surface area contributed by atoms with Gasteiger partial charge in [-0.25, -0.2) is 9.59 Å². The third kappa shape index (κ3) is 5.17. The minimum Gasteiger partial charge on any atom is -0.478 e. The molecule has 0 bridgehead atoms. The first-order valence-electron chi connectivity index (χ1n) is 8.06. The molecule has 4 heteroatoms. The summed E-state index contributed by atoms with van der Waals surface area (Å²) in [5.41, 5.74) is 0.110. The van der Waals surface area contributed by atoms with Crippen LogP contribution in [0.15, 0.2) is 24.3 Å². The van der Waals surface area contributed by atoms with Gasteiger partial charge in [0.05, 0.1) is 11.1 Å². The smallest absolute Gasteiger partial charge is 0.339 e. The summed E-state index contributed by atoms with van der Waals surface area (Å²) < 4.78 is 5.51. The van der Waals surface area contributed by atoms with Crippen LogP contribution in [0.25, 0.3) is 0 Å². The maximum absolute atomic E-state index is 12.2. The van der Waals surface area contributed by atoms with Crippen LogP contribution in [0.4, 0.5) is 0 Å². The van der Waals surface area contributed by atoms with Crippen LogP contribution >= 0.6 is 0 Å². The van der Waals surface area contributed by atoms with Gasteiger partial charge in [0.15, 0.2) is 0 Å². The van der Waals surface area contributed by atoms with Crippen LogP contribution in [0.1, 0.15) is 73.6 Å². The van der Waals surface area contributed by atoms with Gasteiger partial charge in [-0.05, 0) is 37.3 Å². The molecule has 0 heterocycles. The third-order valence-corrected chi connectivity index (χ3v) is 4.16. The van der Waals surface area contributed by atoms with E-state index in [2.05, 4.69) is 13.8 Å². The van der Waals surface area contributed by atoms with E-state index in [0.717, 1.165) is 32.1 Å². The summed E-state index contributed by atoms with van der Waals surface area (Å²) in [4.78, 5) is 23.4. The van der Waals surface area contributed by atoms with Crippen molar-refractivity contribution >= 4 is 11.9 Å². The number of hydrogen-bond donors (Lipinski definition) is 1. The third-order valence-electron chi connectivity index (χ3n) is 4.16. The highest BCUT2D eigenvalue weighted by Gasteiger charge is 2.20. The van der Waals surface area contributed by atoms with Gasteiger partial charge >= 0.3 is 11.9 Å². The number of hydrogen-bond acceptors (Lipinski definition) is 3. The summed E-state index contributed by atoms with van der Waals surface area (Å²) in [6.45, 7) is 6.32. The molecule has 4 nitrogen and oxygen atoms in total. The van der Waals surface area contributed by atoms with Crippen LogP contribution in [0, 0.1) is 5.92 Å². The second-order valence-corrected chi connectivity index (χ2v) is 5.55. The topological polar surface area (TPSA) is 63.6 Å². The van der Waals surface area contributed by atoms with Gasteiger partial charge in [-0.3, -0.25) is 0 Å². The Labute approximate surface area is 132 Å². The van der Waals surface area contributed by atoms with Gasteiger partial charge in [0.2, 0.25) is 0 Å². The summed E-state index contributed by atoms with van der Waals surface area (Å²) in [5, 5.41) is 9.14. The summed E-state index contributed by atoms with van der Waals surface area (Å²) in [5.74, 6) is -1.01. The molecule has 1 unspecified atom stereocenters. The number of esters is 1. The highest BCUT2D eigenvalue weighted by Crippen LogP contribution is 2.20. The van der Waals surface area contributed by atoms with Crippen molar-refractivity contribution in [1.29, 1.82) is 0 Å². The largest absolute Gasteiger partial charge is 0.478 e. The Bertz CT molecular complexity index is 492. The van der Waals surface area contributed by atoms with E-state index < -0.39 is 11.9 Å². The second kappa shape index (κ2) is 9.23. The first-order valence-corrected chi connectivity index (χ1v) is 8.06. The molecule has 1 atom stereocenters. The molecule has 1 aromatic rings. The molecular weight excluding hydrogens is 280 g/mol. The molecular formula is C18H26O4. The zero-order valence-electron chi connectivity index (χ0n) is 13.7. The van der Waals surface area contributed by atoms with Crippen molar-refractivity contribution in [3.05, 3.63) is 35.4 Å². The lowest BCUT2D eigenvalue weighted by molar-refractivity contribution is 0.0252. The van der Waals surface area contributed by atoms with Gasteiger partial charge in [-0.15, -0.1) is 0 Å². The van der Waals surface area contributed by atoms with Crippen molar-refractivity contribution < 1.29 is 19.4 Å². The molecule has 0 aliphatic heterocycles. The normalized spacial score (nSPS) is 12.2. The first-order chi connectivity index (χ1) is 10.5. The fraction of sp³-hybridized carbons (Fsp3) is 0.556. The van der Waals surface area contributed by atoms with E-state index in [0.29, 0.717) is 5.92 Å². The van der Waals surface area contributed by atoms with Gasteiger partial charge in [0, 0.05) is 0 Å². The number of aromatic carboxylic acids is 1. The molecule has 0 saturated carbocycles. The van der Waals surface area contributed by atoms with Gasteiger partial charge in [0.1, 0.15) is 6.10 Å². The highest BCUT2D eigenvalue weighted by molar-refractivity contribution is 6.02. The van der Waals surface area contributed by atoms with Crippen LogP contribution in [-0.2, 0) is 4.74 Å². The lowest BCUT2D eigenvalue weighted by Crippen LogP contribution is -2.20. The Morgan fingerprint density at radius 1 is 1.00 bits per heavy atom. The number of carboxylic acids is 1. The van der Waals surface area contributed by atoms with E-state index in [9.17, 15) is 9.59 Å². The SMILES string of the molecule is CCC(CC)CCC(CC)OC(=O)c1ccccc1C(=O)O. The highest BCUT2D eigenvalue weighted by atomic mass is 16.5. The Hall–Kier alpha value is -1.84. The molecule has 122 valence electrons. The average Bonchev–Trinajstić information content (AvgIpc) is 2.54. The van der Waals surface area contributed by atoms with E-state index in [1.54, 1.807) is 12.1 Å². The number of carbonyl (C=O) groups is 2. The number of carboxylic acid groups (broad SMARTS) is 1. The fourth-order valence-corrected chi connectivity index (χ4v) is 2.53. The van der Waals surface area contributed by atoms with Crippen molar-refractivity contribution in [3.63, 3.8) is 0 Å². The molecule has 0 radical (unpaired) electrons. The minimum atomic E-state index is -1.11. The maximum Gasteiger partial charge on any atom is 0.339 e. The average molecular weight is 306 g/mol. The molecule has 1 aromatic carbocycles. The fourth-order valence-electron chi connectivity index (χ4n) is 2.53. The Balaban J connectivity index is 2.71. The monoisotopic (exact) mass is 306 g/mol. The van der Waals surface area contributed by atoms with Gasteiger partial charge < -0.3 is 9.84 Å². The van der Waals surface area contributed by atoms with Crippen LogP contribution in [0.2, 0.25) is 0 Å². The Kier molecular flexibility index (Phi) is 7.64. The zero-order chi connectivity index (χ0) is 16.5. The van der Waals surface area contributed by atoms with Crippen LogP contribution in [0.5, 0.6) is 0 Å². The van der Waals surface area contributed by atoms with E-state index >= 15 is 0 Å². The number of ether oxygens (including phenoxy) is 1. The molecule has 1 N–H and O–H groups in total. The molecule has 1 rings (SSSR count). The number of carbonyl (C=O) groups excluding carboxylic acids is 1. The van der Waals surface area contributed by atoms with Crippen LogP contribution in [-0.4, -0.2) is 23.1 Å². The van der Waals surface area contributed by atoms with Gasteiger partial charge in [-0.2, -0.15) is 0 Å². The number of rotatable bonds is 9. The molecule has 0 aromatic heterocycles. The maximum atomic E-state index is 12.2. The Morgan fingerprint density at radius 3 is 2.09 bits per heavy atom. The van der Waals surface area contributed by atoms with Crippen molar-refractivity contribution in [2.24, 2.45) is 5.92 Å². The molecule has 0 saturated heterocycles. The summed E-state index contributed by atoms with van der Waals surface area (Å²) in [6.07, 6.45) is 4.69. The van der Waals surface area contributed by atoms with E-state index in [1.807, 2.05) is 6.92 Å². The van der Waals surface area contributed by atoms with Crippen LogP contribution in [0.3, 0.4) is 0 Å². The minimum absolute atomic E-state index is 0.0117. The van der Waals surface area contributed by atoms with Gasteiger partial charge in [0.25, 0.3) is 0 Å². The first kappa shape index (κ1) is 18.2. The van der Waals surface area contributed by atoms with Crippen molar-refractivity contribution in [3.8, 4) is 0 Å². The standard InChI is InChI=1S/C18H26O4/c1-4-13(5-2)11-12-14(6-3)22-18(21)16-10-8-7-9-15(16)17(19)20/h7-10,13-14H,4-6,11-12H2,1-3H3,(H,19,20). The lowest BCUT2D eigenvalue weighted by atomic mass is 9.95. The molecule has 22 heavy (non-hydrogen) atoms. The quantitative estimate of drug-likeness (QED) is 0.680. The number of benzene rings is 1. The Morgan fingerprint density at radius 2 is 1.59 bits per heavy atom. The summed E-state index contributed by atoms with van der Waals surface area (Å²) >= 11 is 0. The van der Waals surface area contributed by atoms with Crippen molar-refractivity contribution in [2.45, 2.75) is 59.0 Å². The molecule has 0 amide bonds. The lowest BCUT2D eigenvalue weighted by Gasteiger charge is -2.19. The van der Waals surface area contributed by atoms with Crippen LogP contribution < -0.4 is 0 Å². The molecule has 0 aliphatic carbocycles. The van der Waals surface area contributed by atoms with Gasteiger partial charge in [-0.1, -0.05) is 45.7 Å². The predicted octanol–water partition coefficient (Wildman–Crippen LogP) is 4.54. The van der Waals surface area contributed by atoms with E-state index in [-0.39, 0.29) is 17.2 Å². The molecule has 0 fully saturated rings. The summed E-state index contributed by atoms with van der Waals surface area (Å²) in [7, 11) is 0. The predicted molar refractivity (Wildman–Crippen MR) is 86.2 cm³/mol.